The van der Waals surface area contributed by atoms with E-state index in [0.29, 0.717) is 18.9 Å². The summed E-state index contributed by atoms with van der Waals surface area (Å²) in [6.45, 7) is 2.71. The van der Waals surface area contributed by atoms with E-state index >= 15 is 0 Å². The topological polar surface area (TPSA) is 38.3 Å². The molecule has 0 unspecified atom stereocenters. The van der Waals surface area contributed by atoms with Crippen LogP contribution in [0.2, 0.25) is 0 Å². The van der Waals surface area contributed by atoms with Crippen molar-refractivity contribution in [2.75, 3.05) is 19.7 Å². The van der Waals surface area contributed by atoms with Crippen LogP contribution in [-0.4, -0.2) is 25.7 Å². The molecule has 2 rings (SSSR count). The van der Waals surface area contributed by atoms with Crippen molar-refractivity contribution >= 4 is 17.3 Å². The summed E-state index contributed by atoms with van der Waals surface area (Å²) in [6.07, 6.45) is 4.80. The fraction of sp³-hybridized carbons (Fsp3) is 0.643. The van der Waals surface area contributed by atoms with Gasteiger partial charge in [0.25, 0.3) is 0 Å². The van der Waals surface area contributed by atoms with Gasteiger partial charge in [-0.3, -0.25) is 4.79 Å². The molecule has 1 saturated heterocycles. The summed E-state index contributed by atoms with van der Waals surface area (Å²) in [4.78, 5) is 12.9. The van der Waals surface area contributed by atoms with Crippen molar-refractivity contribution in [2.45, 2.75) is 32.1 Å². The second kappa shape index (κ2) is 7.54. The lowest BCUT2D eigenvalue weighted by molar-refractivity contribution is -0.143. The molecule has 1 N–H and O–H groups in total. The Balaban J connectivity index is 1.54. The molecule has 1 aromatic heterocycles. The highest BCUT2D eigenvalue weighted by molar-refractivity contribution is 7.09. The molecule has 0 bridgehead atoms. The number of ether oxygens (including phenoxy) is 1. The zero-order chi connectivity index (χ0) is 12.6. The van der Waals surface area contributed by atoms with E-state index in [2.05, 4.69) is 11.4 Å². The second-order valence-corrected chi connectivity index (χ2v) is 5.81. The van der Waals surface area contributed by atoms with Gasteiger partial charge in [0, 0.05) is 17.7 Å². The third-order valence-corrected chi connectivity index (χ3v) is 4.34. The first-order valence-corrected chi connectivity index (χ1v) is 7.61. The lowest BCUT2D eigenvalue weighted by Gasteiger charge is -2.21. The fourth-order valence-corrected chi connectivity index (χ4v) is 2.98. The largest absolute Gasteiger partial charge is 0.465 e. The first-order valence-electron chi connectivity index (χ1n) is 6.73. The molecule has 1 aliphatic rings. The SMILES string of the molecule is O=C(CCC1CCNCC1)OCCc1cccs1. The number of hydrogen-bond donors (Lipinski definition) is 1. The maximum absolute atomic E-state index is 11.6. The monoisotopic (exact) mass is 267 g/mol. The molecule has 100 valence electrons. The number of carbonyl (C=O) groups excluding carboxylic acids is 1. The average Bonchev–Trinajstić information content (AvgIpc) is 2.91. The summed E-state index contributed by atoms with van der Waals surface area (Å²) in [6, 6.07) is 4.10. The van der Waals surface area contributed by atoms with Crippen molar-refractivity contribution in [1.29, 1.82) is 0 Å². The maximum atomic E-state index is 11.6. The number of rotatable bonds is 6. The van der Waals surface area contributed by atoms with E-state index in [9.17, 15) is 4.79 Å². The van der Waals surface area contributed by atoms with Crippen molar-refractivity contribution in [3.63, 3.8) is 0 Å². The van der Waals surface area contributed by atoms with Gasteiger partial charge in [0.1, 0.15) is 0 Å². The van der Waals surface area contributed by atoms with E-state index in [-0.39, 0.29) is 5.97 Å². The molecule has 0 aliphatic carbocycles. The van der Waals surface area contributed by atoms with Crippen LogP contribution in [-0.2, 0) is 16.0 Å². The van der Waals surface area contributed by atoms with Gasteiger partial charge < -0.3 is 10.1 Å². The Morgan fingerprint density at radius 2 is 2.28 bits per heavy atom. The molecule has 0 spiro atoms. The van der Waals surface area contributed by atoms with Crippen LogP contribution >= 0.6 is 11.3 Å². The van der Waals surface area contributed by atoms with Gasteiger partial charge in [-0.25, -0.2) is 0 Å². The minimum atomic E-state index is -0.0370. The average molecular weight is 267 g/mol. The van der Waals surface area contributed by atoms with Gasteiger partial charge >= 0.3 is 5.97 Å². The molecule has 0 radical (unpaired) electrons. The number of esters is 1. The van der Waals surface area contributed by atoms with Crippen LogP contribution in [0.1, 0.15) is 30.6 Å². The second-order valence-electron chi connectivity index (χ2n) is 4.78. The summed E-state index contributed by atoms with van der Waals surface area (Å²) in [5, 5.41) is 5.39. The Labute approximate surface area is 113 Å². The zero-order valence-corrected chi connectivity index (χ0v) is 11.5. The molecule has 1 aromatic rings. The quantitative estimate of drug-likeness (QED) is 0.805. The summed E-state index contributed by atoms with van der Waals surface area (Å²) in [5.41, 5.74) is 0. The summed E-state index contributed by atoms with van der Waals surface area (Å²) >= 11 is 1.71. The van der Waals surface area contributed by atoms with Gasteiger partial charge in [-0.15, -0.1) is 11.3 Å². The molecule has 2 heterocycles. The van der Waals surface area contributed by atoms with Gasteiger partial charge in [-0.2, -0.15) is 0 Å². The predicted octanol–water partition coefficient (Wildman–Crippen LogP) is 2.61. The molecule has 18 heavy (non-hydrogen) atoms. The number of nitrogens with one attached hydrogen (secondary N) is 1. The van der Waals surface area contributed by atoms with E-state index in [1.165, 1.54) is 17.7 Å². The van der Waals surface area contributed by atoms with Crippen LogP contribution in [0.3, 0.4) is 0 Å². The zero-order valence-electron chi connectivity index (χ0n) is 10.7. The molecule has 3 nitrogen and oxygen atoms in total. The Morgan fingerprint density at radius 1 is 1.44 bits per heavy atom. The van der Waals surface area contributed by atoms with E-state index in [1.54, 1.807) is 11.3 Å². The normalized spacial score (nSPS) is 16.7. The number of hydrogen-bond acceptors (Lipinski definition) is 4. The summed E-state index contributed by atoms with van der Waals surface area (Å²) < 4.78 is 5.26. The Morgan fingerprint density at radius 3 is 3.00 bits per heavy atom. The lowest BCUT2D eigenvalue weighted by Crippen LogP contribution is -2.28. The lowest BCUT2D eigenvalue weighted by atomic mass is 9.93. The van der Waals surface area contributed by atoms with E-state index < -0.39 is 0 Å². The number of piperidine rings is 1. The van der Waals surface area contributed by atoms with Crippen LogP contribution in [0.25, 0.3) is 0 Å². The predicted molar refractivity (Wildman–Crippen MR) is 73.8 cm³/mol. The van der Waals surface area contributed by atoms with Crippen molar-refractivity contribution in [3.05, 3.63) is 22.4 Å². The molecule has 0 atom stereocenters. The van der Waals surface area contributed by atoms with E-state index in [4.69, 9.17) is 4.74 Å². The van der Waals surface area contributed by atoms with E-state index in [1.807, 2.05) is 11.4 Å². The van der Waals surface area contributed by atoms with Crippen molar-refractivity contribution in [1.82, 2.24) is 5.32 Å². The summed E-state index contributed by atoms with van der Waals surface area (Å²) in [7, 11) is 0. The Bertz CT molecular complexity index is 345. The number of thiophene rings is 1. The Kier molecular flexibility index (Phi) is 5.68. The van der Waals surface area contributed by atoms with Crippen molar-refractivity contribution < 1.29 is 9.53 Å². The molecule has 4 heteroatoms. The van der Waals surface area contributed by atoms with Gasteiger partial charge in [-0.1, -0.05) is 6.07 Å². The van der Waals surface area contributed by atoms with Crippen molar-refractivity contribution in [2.24, 2.45) is 5.92 Å². The third kappa shape index (κ3) is 4.78. The minimum Gasteiger partial charge on any atom is -0.465 e. The van der Waals surface area contributed by atoms with Crippen LogP contribution in [0.5, 0.6) is 0 Å². The standard InChI is InChI=1S/C14H21NO2S/c16-14(4-3-12-5-8-15-9-6-12)17-10-7-13-2-1-11-18-13/h1-2,11-12,15H,3-10H2. The van der Waals surface area contributed by atoms with Crippen LogP contribution in [0.15, 0.2) is 17.5 Å². The van der Waals surface area contributed by atoms with E-state index in [0.717, 1.165) is 25.9 Å². The van der Waals surface area contributed by atoms with Gasteiger partial charge in [0.2, 0.25) is 0 Å². The highest BCUT2D eigenvalue weighted by Crippen LogP contribution is 2.18. The van der Waals surface area contributed by atoms with Gasteiger partial charge in [-0.05, 0) is 49.7 Å². The van der Waals surface area contributed by atoms with Gasteiger partial charge in [0.05, 0.1) is 6.61 Å². The number of carbonyl (C=O) groups is 1. The summed E-state index contributed by atoms with van der Waals surface area (Å²) in [5.74, 6) is 0.668. The first kappa shape index (κ1) is 13.6. The Hall–Kier alpha value is -0.870. The van der Waals surface area contributed by atoms with Gasteiger partial charge in [0.15, 0.2) is 0 Å². The van der Waals surface area contributed by atoms with Crippen LogP contribution in [0, 0.1) is 5.92 Å². The molecule has 1 fully saturated rings. The molecule has 0 aromatic carbocycles. The highest BCUT2D eigenvalue weighted by atomic mass is 32.1. The maximum Gasteiger partial charge on any atom is 0.305 e. The minimum absolute atomic E-state index is 0.0370. The first-order chi connectivity index (χ1) is 8.84. The molecular formula is C14H21NO2S. The molecule has 0 saturated carbocycles. The highest BCUT2D eigenvalue weighted by Gasteiger charge is 2.14. The third-order valence-electron chi connectivity index (χ3n) is 3.41. The molecular weight excluding hydrogens is 246 g/mol. The van der Waals surface area contributed by atoms with Crippen LogP contribution < -0.4 is 5.32 Å². The fourth-order valence-electron chi connectivity index (χ4n) is 2.28. The smallest absolute Gasteiger partial charge is 0.305 e. The van der Waals surface area contributed by atoms with Crippen molar-refractivity contribution in [3.8, 4) is 0 Å². The molecule has 0 amide bonds. The molecule has 1 aliphatic heterocycles. The van der Waals surface area contributed by atoms with Crippen LogP contribution in [0.4, 0.5) is 0 Å².